The van der Waals surface area contributed by atoms with E-state index in [1.165, 1.54) is 0 Å². The fraction of sp³-hybridized carbons (Fsp3) is 0.333. The van der Waals surface area contributed by atoms with Gasteiger partial charge in [-0.25, -0.2) is 4.98 Å². The number of imidazole rings is 1. The van der Waals surface area contributed by atoms with Crippen molar-refractivity contribution in [1.82, 2.24) is 24.7 Å². The van der Waals surface area contributed by atoms with Crippen molar-refractivity contribution in [2.24, 2.45) is 7.05 Å². The summed E-state index contributed by atoms with van der Waals surface area (Å²) in [5.41, 5.74) is 6.11. The number of methoxy groups -OCH3 is 1. The van der Waals surface area contributed by atoms with Crippen LogP contribution in [0.1, 0.15) is 30.1 Å². The van der Waals surface area contributed by atoms with E-state index < -0.39 is 0 Å². The van der Waals surface area contributed by atoms with Crippen LogP contribution in [-0.4, -0.2) is 44.9 Å². The largest absolute Gasteiger partial charge is 0.497 e. The molecule has 1 saturated heterocycles. The van der Waals surface area contributed by atoms with Crippen molar-refractivity contribution in [1.29, 1.82) is 0 Å². The summed E-state index contributed by atoms with van der Waals surface area (Å²) < 4.78 is 7.39. The Labute approximate surface area is 181 Å². The van der Waals surface area contributed by atoms with Crippen molar-refractivity contribution in [2.75, 3.05) is 25.1 Å². The van der Waals surface area contributed by atoms with E-state index >= 15 is 0 Å². The number of aryl methyl sites for hydroxylation is 2. The summed E-state index contributed by atoms with van der Waals surface area (Å²) in [5, 5.41) is 8.56. The third-order valence-electron chi connectivity index (χ3n) is 6.12. The first-order chi connectivity index (χ1) is 15.1. The third-order valence-corrected chi connectivity index (χ3v) is 6.12. The van der Waals surface area contributed by atoms with Gasteiger partial charge in [0.05, 0.1) is 30.3 Å². The number of aromatic nitrogens is 5. The van der Waals surface area contributed by atoms with E-state index in [1.54, 1.807) is 7.11 Å². The number of fused-ring (bicyclic) bond motifs is 1. The summed E-state index contributed by atoms with van der Waals surface area (Å²) >= 11 is 0. The molecule has 0 amide bonds. The molecule has 1 aromatic carbocycles. The summed E-state index contributed by atoms with van der Waals surface area (Å²) in [6.45, 7) is 3.86. The average molecular weight is 415 g/mol. The van der Waals surface area contributed by atoms with Crippen molar-refractivity contribution in [3.63, 3.8) is 0 Å². The van der Waals surface area contributed by atoms with Crippen molar-refractivity contribution < 1.29 is 4.74 Å². The van der Waals surface area contributed by atoms with Crippen LogP contribution >= 0.6 is 0 Å². The molecule has 7 nitrogen and oxygen atoms in total. The monoisotopic (exact) mass is 414 g/mol. The molecule has 1 aliphatic rings. The zero-order chi connectivity index (χ0) is 21.4. The second kappa shape index (κ2) is 7.98. The van der Waals surface area contributed by atoms with Crippen molar-refractivity contribution in [2.45, 2.75) is 25.7 Å². The summed E-state index contributed by atoms with van der Waals surface area (Å²) in [4.78, 5) is 12.1. The number of hydrogen-bond acceptors (Lipinski definition) is 6. The second-order valence-corrected chi connectivity index (χ2v) is 8.14. The van der Waals surface area contributed by atoms with Gasteiger partial charge in [-0.05, 0) is 62.2 Å². The van der Waals surface area contributed by atoms with Gasteiger partial charge in [-0.2, -0.15) is 5.10 Å². The fourth-order valence-corrected chi connectivity index (χ4v) is 4.27. The van der Waals surface area contributed by atoms with Crippen LogP contribution in [0.4, 0.5) is 5.82 Å². The van der Waals surface area contributed by atoms with Gasteiger partial charge in [-0.15, -0.1) is 5.10 Å². The SMILES string of the molecule is COc1ccc(-c2nc(C3CCN(c4ccc(C)nn4)CC3)cc3c2ncn3C)cc1. The predicted molar refractivity (Wildman–Crippen MR) is 121 cm³/mol. The van der Waals surface area contributed by atoms with E-state index in [0.29, 0.717) is 5.92 Å². The van der Waals surface area contributed by atoms with Crippen LogP contribution in [0.15, 0.2) is 48.8 Å². The number of nitrogens with zero attached hydrogens (tertiary/aromatic N) is 6. The van der Waals surface area contributed by atoms with E-state index in [-0.39, 0.29) is 0 Å². The number of benzene rings is 1. The minimum atomic E-state index is 0.408. The van der Waals surface area contributed by atoms with Gasteiger partial charge in [0, 0.05) is 37.3 Å². The molecule has 4 heterocycles. The molecule has 3 aromatic heterocycles. The van der Waals surface area contributed by atoms with Gasteiger partial charge in [0.15, 0.2) is 5.82 Å². The molecular weight excluding hydrogens is 388 g/mol. The molecule has 158 valence electrons. The molecule has 0 atom stereocenters. The van der Waals surface area contributed by atoms with Crippen molar-refractivity contribution in [3.05, 3.63) is 60.2 Å². The molecule has 0 bridgehead atoms. The molecule has 5 rings (SSSR count). The minimum absolute atomic E-state index is 0.408. The van der Waals surface area contributed by atoms with E-state index in [1.807, 2.05) is 38.5 Å². The topological polar surface area (TPSA) is 69.0 Å². The van der Waals surface area contributed by atoms with Gasteiger partial charge < -0.3 is 14.2 Å². The second-order valence-electron chi connectivity index (χ2n) is 8.14. The lowest BCUT2D eigenvalue weighted by atomic mass is 9.92. The van der Waals surface area contributed by atoms with Gasteiger partial charge in [-0.3, -0.25) is 4.98 Å². The maximum atomic E-state index is 5.31. The summed E-state index contributed by atoms with van der Waals surface area (Å²) in [7, 11) is 3.72. The van der Waals surface area contributed by atoms with Crippen LogP contribution < -0.4 is 9.64 Å². The zero-order valence-corrected chi connectivity index (χ0v) is 18.1. The van der Waals surface area contributed by atoms with Crippen LogP contribution in [0, 0.1) is 6.92 Å². The summed E-state index contributed by atoms with van der Waals surface area (Å²) in [6.07, 6.45) is 3.93. The van der Waals surface area contributed by atoms with Crippen LogP contribution in [0.5, 0.6) is 5.75 Å². The molecule has 0 saturated carbocycles. The van der Waals surface area contributed by atoms with Crippen LogP contribution in [0.2, 0.25) is 0 Å². The Kier molecular flexibility index (Phi) is 5.02. The molecule has 0 unspecified atom stereocenters. The molecule has 4 aromatic rings. The van der Waals surface area contributed by atoms with E-state index in [4.69, 9.17) is 9.72 Å². The molecule has 0 aliphatic carbocycles. The first-order valence-corrected chi connectivity index (χ1v) is 10.6. The highest BCUT2D eigenvalue weighted by molar-refractivity contribution is 5.90. The van der Waals surface area contributed by atoms with Gasteiger partial charge in [0.25, 0.3) is 0 Å². The van der Waals surface area contributed by atoms with Crippen LogP contribution in [0.25, 0.3) is 22.3 Å². The lowest BCUT2D eigenvalue weighted by molar-refractivity contribution is 0.415. The van der Waals surface area contributed by atoms with Crippen molar-refractivity contribution >= 4 is 16.9 Å². The molecular formula is C24H26N6O. The predicted octanol–water partition coefficient (Wildman–Crippen LogP) is 4.13. The number of piperidine rings is 1. The van der Waals surface area contributed by atoms with Crippen molar-refractivity contribution in [3.8, 4) is 17.0 Å². The number of hydrogen-bond donors (Lipinski definition) is 0. The molecule has 1 fully saturated rings. The molecule has 1 aliphatic heterocycles. The molecule has 0 spiro atoms. The normalized spacial score (nSPS) is 14.9. The highest BCUT2D eigenvalue weighted by Gasteiger charge is 2.24. The Hall–Kier alpha value is -3.48. The zero-order valence-electron chi connectivity index (χ0n) is 18.1. The maximum absolute atomic E-state index is 5.31. The Morgan fingerprint density at radius 1 is 1.00 bits per heavy atom. The smallest absolute Gasteiger partial charge is 0.151 e. The molecule has 0 N–H and O–H groups in total. The maximum Gasteiger partial charge on any atom is 0.151 e. The first kappa shape index (κ1) is 19.5. The summed E-state index contributed by atoms with van der Waals surface area (Å²) in [5.74, 6) is 2.20. The van der Waals surface area contributed by atoms with Gasteiger partial charge >= 0.3 is 0 Å². The molecule has 31 heavy (non-hydrogen) atoms. The standard InChI is InChI=1S/C24H26N6O/c1-16-4-9-22(28-27-16)30-12-10-17(11-13-30)20-14-21-24(25-15-29(21)2)23(26-20)18-5-7-19(31-3)8-6-18/h4-9,14-15,17H,10-13H2,1-3H3. The van der Waals surface area contributed by atoms with E-state index in [0.717, 1.165) is 71.2 Å². The van der Waals surface area contributed by atoms with Gasteiger partial charge in [-0.1, -0.05) is 0 Å². The molecule has 0 radical (unpaired) electrons. The van der Waals surface area contributed by atoms with E-state index in [9.17, 15) is 0 Å². The number of pyridine rings is 1. The number of anilines is 1. The van der Waals surface area contributed by atoms with Gasteiger partial charge in [0.1, 0.15) is 11.3 Å². The highest BCUT2D eigenvalue weighted by Crippen LogP contribution is 2.34. The van der Waals surface area contributed by atoms with Crippen LogP contribution in [0.3, 0.4) is 0 Å². The Balaban J connectivity index is 1.45. The quantitative estimate of drug-likeness (QED) is 0.500. The number of rotatable bonds is 4. The molecule has 7 heteroatoms. The Morgan fingerprint density at radius 2 is 1.77 bits per heavy atom. The van der Waals surface area contributed by atoms with Crippen LogP contribution in [-0.2, 0) is 7.05 Å². The minimum Gasteiger partial charge on any atom is -0.497 e. The Morgan fingerprint density at radius 3 is 2.45 bits per heavy atom. The van der Waals surface area contributed by atoms with E-state index in [2.05, 4.69) is 48.9 Å². The Bertz CT molecular complexity index is 1190. The average Bonchev–Trinajstić information content (AvgIpc) is 3.20. The van der Waals surface area contributed by atoms with Gasteiger partial charge in [0.2, 0.25) is 0 Å². The fourth-order valence-electron chi connectivity index (χ4n) is 4.27. The lowest BCUT2D eigenvalue weighted by Gasteiger charge is -2.32. The third kappa shape index (κ3) is 3.71. The first-order valence-electron chi connectivity index (χ1n) is 10.6. The summed E-state index contributed by atoms with van der Waals surface area (Å²) in [6, 6.07) is 14.3. The highest BCUT2D eigenvalue weighted by atomic mass is 16.5. The lowest BCUT2D eigenvalue weighted by Crippen LogP contribution is -2.33. The number of ether oxygens (including phenoxy) is 1.